The zero-order chi connectivity index (χ0) is 20.8. The van der Waals surface area contributed by atoms with E-state index in [1.807, 2.05) is 43.5 Å². The van der Waals surface area contributed by atoms with E-state index in [4.69, 9.17) is 16.7 Å². The summed E-state index contributed by atoms with van der Waals surface area (Å²) in [6.45, 7) is 2.05. The van der Waals surface area contributed by atoms with E-state index < -0.39 is 0 Å². The van der Waals surface area contributed by atoms with Crippen LogP contribution in [0.15, 0.2) is 52.7 Å². The summed E-state index contributed by atoms with van der Waals surface area (Å²) in [6.07, 6.45) is 5.87. The van der Waals surface area contributed by atoms with E-state index in [0.717, 1.165) is 23.2 Å². The molecule has 4 aromatic heterocycles. The van der Waals surface area contributed by atoms with Gasteiger partial charge in [-0.15, -0.1) is 5.10 Å². The Morgan fingerprint density at radius 1 is 1.20 bits per heavy atom. The molecule has 0 aliphatic carbocycles. The second-order valence-electron chi connectivity index (χ2n) is 6.61. The third kappa shape index (κ3) is 2.89. The summed E-state index contributed by atoms with van der Waals surface area (Å²) in [5.41, 5.74) is 3.97. The number of halogens is 1. The normalized spacial score (nSPS) is 11.6. The molecule has 0 atom stereocenters. The highest BCUT2D eigenvalue weighted by molar-refractivity contribution is 7.98. The van der Waals surface area contributed by atoms with Crippen LogP contribution in [-0.2, 0) is 6.42 Å². The SMILES string of the molecule is CCc1nn2c(ncc3c(=O)n(-c4nc(SC)n[nH]4)ccc32)c1-c1ccc(Cl)cc1. The number of nitrogens with one attached hydrogen (secondary N) is 1. The standard InChI is InChI=1S/C20H16ClN7OS/c1-3-14-16(11-4-6-12(21)7-5-11)17-22-10-13-15(28(17)26-14)8-9-27(18(13)29)19-23-20(30-2)25-24-19/h4-10H,3H2,1-2H3,(H,23,24,25). The lowest BCUT2D eigenvalue weighted by molar-refractivity contribution is 0.885. The number of aryl methyl sites for hydroxylation is 1. The van der Waals surface area contributed by atoms with Crippen molar-refractivity contribution in [3.05, 3.63) is 63.8 Å². The van der Waals surface area contributed by atoms with Crippen molar-refractivity contribution in [2.45, 2.75) is 18.5 Å². The summed E-state index contributed by atoms with van der Waals surface area (Å²) in [5, 5.41) is 13.3. The highest BCUT2D eigenvalue weighted by Gasteiger charge is 2.18. The fourth-order valence-corrected chi connectivity index (χ4v) is 3.92. The zero-order valence-electron chi connectivity index (χ0n) is 16.1. The molecule has 10 heteroatoms. The van der Waals surface area contributed by atoms with E-state index in [9.17, 15) is 4.79 Å². The van der Waals surface area contributed by atoms with Crippen LogP contribution in [0.4, 0.5) is 0 Å². The number of aromatic nitrogens is 7. The van der Waals surface area contributed by atoms with E-state index in [1.54, 1.807) is 16.9 Å². The van der Waals surface area contributed by atoms with Crippen molar-refractivity contribution >= 4 is 39.9 Å². The van der Waals surface area contributed by atoms with Crippen LogP contribution in [0.25, 0.3) is 33.6 Å². The molecule has 0 aliphatic heterocycles. The van der Waals surface area contributed by atoms with Crippen molar-refractivity contribution < 1.29 is 0 Å². The van der Waals surface area contributed by atoms with Crippen LogP contribution in [0.2, 0.25) is 5.02 Å². The van der Waals surface area contributed by atoms with E-state index in [0.29, 0.717) is 32.7 Å². The Labute approximate surface area is 179 Å². The average Bonchev–Trinajstić information content (AvgIpc) is 3.39. The molecule has 5 rings (SSSR count). The molecule has 0 radical (unpaired) electrons. The Morgan fingerprint density at radius 2 is 2.00 bits per heavy atom. The summed E-state index contributed by atoms with van der Waals surface area (Å²) in [5.74, 6) is 0.364. The smallest absolute Gasteiger partial charge is 0.268 e. The van der Waals surface area contributed by atoms with Crippen molar-refractivity contribution in [3.63, 3.8) is 0 Å². The maximum Gasteiger partial charge on any atom is 0.268 e. The van der Waals surface area contributed by atoms with Gasteiger partial charge in [0.05, 0.1) is 16.6 Å². The maximum absolute atomic E-state index is 13.1. The molecule has 30 heavy (non-hydrogen) atoms. The first-order chi connectivity index (χ1) is 14.6. The summed E-state index contributed by atoms with van der Waals surface area (Å²) in [7, 11) is 0. The predicted octanol–water partition coefficient (Wildman–Crippen LogP) is 3.76. The van der Waals surface area contributed by atoms with E-state index in [2.05, 4.69) is 20.2 Å². The van der Waals surface area contributed by atoms with Crippen LogP contribution in [0, 0.1) is 0 Å². The van der Waals surface area contributed by atoms with Crippen LogP contribution >= 0.6 is 23.4 Å². The first-order valence-electron chi connectivity index (χ1n) is 9.25. The number of benzene rings is 1. The highest BCUT2D eigenvalue weighted by atomic mass is 35.5. The van der Waals surface area contributed by atoms with E-state index >= 15 is 0 Å². The fourth-order valence-electron chi connectivity index (χ4n) is 3.48. The third-order valence-corrected chi connectivity index (χ3v) is 5.72. The van der Waals surface area contributed by atoms with Gasteiger partial charge in [-0.3, -0.25) is 9.36 Å². The van der Waals surface area contributed by atoms with Crippen molar-refractivity contribution in [3.8, 4) is 17.1 Å². The maximum atomic E-state index is 13.1. The van der Waals surface area contributed by atoms with Crippen molar-refractivity contribution in [2.75, 3.05) is 6.26 Å². The van der Waals surface area contributed by atoms with Gasteiger partial charge in [-0.2, -0.15) is 10.1 Å². The predicted molar refractivity (Wildman–Crippen MR) is 118 cm³/mol. The zero-order valence-corrected chi connectivity index (χ0v) is 17.7. The summed E-state index contributed by atoms with van der Waals surface area (Å²) in [4.78, 5) is 22.0. The van der Waals surface area contributed by atoms with E-state index in [-0.39, 0.29) is 5.56 Å². The molecular weight excluding hydrogens is 422 g/mol. The Morgan fingerprint density at radius 3 is 2.70 bits per heavy atom. The largest absolute Gasteiger partial charge is 0.268 e. The van der Waals surface area contributed by atoms with Crippen LogP contribution in [0.1, 0.15) is 12.6 Å². The lowest BCUT2D eigenvalue weighted by Gasteiger charge is -2.05. The Balaban J connectivity index is 1.75. The van der Waals surface area contributed by atoms with Crippen molar-refractivity contribution in [1.82, 2.24) is 34.3 Å². The fraction of sp³-hybridized carbons (Fsp3) is 0.150. The summed E-state index contributed by atoms with van der Waals surface area (Å²) >= 11 is 7.45. The molecule has 1 N–H and O–H groups in total. The molecule has 8 nitrogen and oxygen atoms in total. The molecule has 0 saturated heterocycles. The molecule has 0 amide bonds. The Hall–Kier alpha value is -3.17. The van der Waals surface area contributed by atoms with Gasteiger partial charge in [0.1, 0.15) is 0 Å². The lowest BCUT2D eigenvalue weighted by Crippen LogP contribution is -2.20. The van der Waals surface area contributed by atoms with Gasteiger partial charge >= 0.3 is 0 Å². The number of hydrogen-bond donors (Lipinski definition) is 1. The van der Waals surface area contributed by atoms with Crippen molar-refractivity contribution in [1.29, 1.82) is 0 Å². The number of hydrogen-bond acceptors (Lipinski definition) is 6. The van der Waals surface area contributed by atoms with Gasteiger partial charge in [0.25, 0.3) is 5.56 Å². The van der Waals surface area contributed by atoms with Gasteiger partial charge in [-0.05, 0) is 36.4 Å². The second-order valence-corrected chi connectivity index (χ2v) is 7.82. The minimum atomic E-state index is -0.243. The van der Waals surface area contributed by atoms with E-state index in [1.165, 1.54) is 16.3 Å². The Bertz CT molecular complexity index is 1450. The molecule has 0 spiro atoms. The molecule has 1 aromatic carbocycles. The number of pyridine rings is 1. The van der Waals surface area contributed by atoms with Crippen LogP contribution in [0.3, 0.4) is 0 Å². The molecular formula is C20H16ClN7OS. The summed E-state index contributed by atoms with van der Waals surface area (Å²) < 4.78 is 3.16. The molecule has 0 aliphatic rings. The molecule has 0 bridgehead atoms. The Kier molecular flexibility index (Phi) is 4.56. The number of fused-ring (bicyclic) bond motifs is 3. The number of aromatic amines is 1. The minimum absolute atomic E-state index is 0.243. The van der Waals surface area contributed by atoms with Crippen LogP contribution in [0.5, 0.6) is 0 Å². The van der Waals surface area contributed by atoms with Crippen LogP contribution < -0.4 is 5.56 Å². The minimum Gasteiger partial charge on any atom is -0.268 e. The van der Waals surface area contributed by atoms with Gasteiger partial charge in [-0.1, -0.05) is 42.4 Å². The summed E-state index contributed by atoms with van der Waals surface area (Å²) in [6, 6.07) is 9.44. The molecule has 0 unspecified atom stereocenters. The molecule has 150 valence electrons. The van der Waals surface area contributed by atoms with Gasteiger partial charge in [-0.25, -0.2) is 14.6 Å². The van der Waals surface area contributed by atoms with Gasteiger partial charge in [0.2, 0.25) is 11.1 Å². The molecule has 5 aromatic rings. The molecule has 0 saturated carbocycles. The number of rotatable bonds is 4. The van der Waals surface area contributed by atoms with Gasteiger partial charge in [0.15, 0.2) is 5.65 Å². The number of H-pyrrole nitrogens is 1. The number of nitrogens with zero attached hydrogens (tertiary/aromatic N) is 6. The third-order valence-electron chi connectivity index (χ3n) is 4.92. The highest BCUT2D eigenvalue weighted by Crippen LogP contribution is 2.30. The molecule has 0 fully saturated rings. The van der Waals surface area contributed by atoms with Crippen molar-refractivity contribution in [2.24, 2.45) is 0 Å². The van der Waals surface area contributed by atoms with Gasteiger partial charge < -0.3 is 0 Å². The monoisotopic (exact) mass is 437 g/mol. The topological polar surface area (TPSA) is 93.8 Å². The van der Waals surface area contributed by atoms with Gasteiger partial charge in [0, 0.05) is 23.0 Å². The first-order valence-corrected chi connectivity index (χ1v) is 10.9. The second kappa shape index (κ2) is 7.26. The number of thioether (sulfide) groups is 1. The average molecular weight is 438 g/mol. The first kappa shape index (κ1) is 18.8. The molecule has 4 heterocycles. The lowest BCUT2D eigenvalue weighted by atomic mass is 10.0. The quantitative estimate of drug-likeness (QED) is 0.430. The van der Waals surface area contributed by atoms with Crippen LogP contribution in [-0.4, -0.2) is 40.6 Å².